The van der Waals surface area contributed by atoms with Gasteiger partial charge >= 0.3 is 0 Å². The van der Waals surface area contributed by atoms with Gasteiger partial charge in [-0.15, -0.1) is 0 Å². The van der Waals surface area contributed by atoms with Crippen molar-refractivity contribution < 1.29 is 19.1 Å². The SMILES string of the molecule is CCOc1ccc(C2(CNC(=O)CNC(=O)c3ccc(-c4ccccc4)cc3)CCOCC2)cc1. The van der Waals surface area contributed by atoms with E-state index >= 15 is 0 Å². The van der Waals surface area contributed by atoms with Crippen LogP contribution in [0.25, 0.3) is 11.1 Å². The van der Waals surface area contributed by atoms with Crippen molar-refractivity contribution >= 4 is 11.8 Å². The van der Waals surface area contributed by atoms with Gasteiger partial charge in [0, 0.05) is 30.7 Å². The molecule has 2 amide bonds. The summed E-state index contributed by atoms with van der Waals surface area (Å²) in [7, 11) is 0. The molecule has 3 aromatic carbocycles. The minimum atomic E-state index is -0.271. The molecule has 1 fully saturated rings. The molecule has 0 saturated carbocycles. The molecule has 6 heteroatoms. The molecule has 3 aromatic rings. The number of amides is 2. The summed E-state index contributed by atoms with van der Waals surface area (Å²) in [5.74, 6) is 0.352. The van der Waals surface area contributed by atoms with Crippen LogP contribution in [0, 0.1) is 0 Å². The van der Waals surface area contributed by atoms with Gasteiger partial charge < -0.3 is 20.1 Å². The maximum absolute atomic E-state index is 12.6. The molecule has 1 heterocycles. The standard InChI is InChI=1S/C29H32N2O4/c1-2-35-26-14-12-25(13-15-26)29(16-18-34-19-17-29)21-31-27(32)20-30-28(33)24-10-8-23(9-11-24)22-6-4-3-5-7-22/h3-15H,2,16-21H2,1H3,(H,30,33)(H,31,32). The van der Waals surface area contributed by atoms with Crippen LogP contribution in [-0.4, -0.2) is 44.7 Å². The van der Waals surface area contributed by atoms with Gasteiger partial charge in [0.2, 0.25) is 5.91 Å². The van der Waals surface area contributed by atoms with E-state index in [9.17, 15) is 9.59 Å². The molecule has 4 rings (SSSR count). The van der Waals surface area contributed by atoms with E-state index in [2.05, 4.69) is 22.8 Å². The molecule has 182 valence electrons. The highest BCUT2D eigenvalue weighted by molar-refractivity contribution is 5.96. The van der Waals surface area contributed by atoms with Gasteiger partial charge in [-0.3, -0.25) is 9.59 Å². The summed E-state index contributed by atoms with van der Waals surface area (Å²) < 4.78 is 11.1. The van der Waals surface area contributed by atoms with Crippen LogP contribution in [0.4, 0.5) is 0 Å². The molecule has 1 aliphatic rings. The maximum Gasteiger partial charge on any atom is 0.251 e. The van der Waals surface area contributed by atoms with Crippen LogP contribution < -0.4 is 15.4 Å². The minimum Gasteiger partial charge on any atom is -0.494 e. The first kappa shape index (κ1) is 24.5. The Morgan fingerprint density at radius 2 is 1.51 bits per heavy atom. The average molecular weight is 473 g/mol. The highest BCUT2D eigenvalue weighted by atomic mass is 16.5. The monoisotopic (exact) mass is 472 g/mol. The van der Waals surface area contributed by atoms with Crippen molar-refractivity contribution in [3.05, 3.63) is 90.0 Å². The number of nitrogens with one attached hydrogen (secondary N) is 2. The van der Waals surface area contributed by atoms with Crippen molar-refractivity contribution in [3.63, 3.8) is 0 Å². The summed E-state index contributed by atoms with van der Waals surface area (Å²) in [5.41, 5.74) is 3.61. The first-order valence-corrected chi connectivity index (χ1v) is 12.1. The molecule has 1 aliphatic heterocycles. The molecular formula is C29H32N2O4. The van der Waals surface area contributed by atoms with E-state index in [0.717, 1.165) is 35.3 Å². The predicted molar refractivity (Wildman–Crippen MR) is 137 cm³/mol. The summed E-state index contributed by atoms with van der Waals surface area (Å²) >= 11 is 0. The number of carbonyl (C=O) groups is 2. The Bertz CT molecular complexity index is 1110. The van der Waals surface area contributed by atoms with Crippen molar-refractivity contribution in [2.45, 2.75) is 25.2 Å². The van der Waals surface area contributed by atoms with Crippen molar-refractivity contribution in [2.75, 3.05) is 32.9 Å². The Morgan fingerprint density at radius 3 is 2.17 bits per heavy atom. The van der Waals surface area contributed by atoms with E-state index in [1.165, 1.54) is 0 Å². The van der Waals surface area contributed by atoms with Crippen LogP contribution in [0.2, 0.25) is 0 Å². The number of hydrogen-bond donors (Lipinski definition) is 2. The van der Waals surface area contributed by atoms with E-state index in [1.807, 2.05) is 61.5 Å². The zero-order chi connectivity index (χ0) is 24.5. The summed E-state index contributed by atoms with van der Waals surface area (Å²) in [6.07, 6.45) is 1.64. The summed E-state index contributed by atoms with van der Waals surface area (Å²) in [6, 6.07) is 25.5. The normalized spacial score (nSPS) is 14.7. The van der Waals surface area contributed by atoms with Crippen LogP contribution in [0.15, 0.2) is 78.9 Å². The van der Waals surface area contributed by atoms with Crippen molar-refractivity contribution in [1.29, 1.82) is 0 Å². The summed E-state index contributed by atoms with van der Waals surface area (Å²) in [4.78, 5) is 25.1. The van der Waals surface area contributed by atoms with Gasteiger partial charge in [0.05, 0.1) is 13.2 Å². The Hall–Kier alpha value is -3.64. The molecular weight excluding hydrogens is 440 g/mol. The van der Waals surface area contributed by atoms with Crippen LogP contribution >= 0.6 is 0 Å². The van der Waals surface area contributed by atoms with Crippen LogP contribution in [0.3, 0.4) is 0 Å². The third kappa shape index (κ3) is 6.28. The van der Waals surface area contributed by atoms with E-state index in [1.54, 1.807) is 12.1 Å². The van der Waals surface area contributed by atoms with E-state index in [0.29, 0.717) is 31.9 Å². The van der Waals surface area contributed by atoms with Gasteiger partial charge in [0.25, 0.3) is 5.91 Å². The highest BCUT2D eigenvalue weighted by Crippen LogP contribution is 2.35. The zero-order valence-corrected chi connectivity index (χ0v) is 20.1. The average Bonchev–Trinajstić information content (AvgIpc) is 2.92. The molecule has 6 nitrogen and oxygen atoms in total. The third-order valence-electron chi connectivity index (χ3n) is 6.52. The number of rotatable bonds is 9. The highest BCUT2D eigenvalue weighted by Gasteiger charge is 2.34. The fourth-order valence-corrected chi connectivity index (χ4v) is 4.44. The second-order valence-corrected chi connectivity index (χ2v) is 8.75. The molecule has 0 atom stereocenters. The molecule has 0 aromatic heterocycles. The van der Waals surface area contributed by atoms with Crippen LogP contribution in [0.1, 0.15) is 35.7 Å². The lowest BCUT2D eigenvalue weighted by atomic mass is 9.74. The lowest BCUT2D eigenvalue weighted by molar-refractivity contribution is -0.120. The number of hydrogen-bond acceptors (Lipinski definition) is 4. The largest absolute Gasteiger partial charge is 0.494 e. The Balaban J connectivity index is 1.32. The van der Waals surface area contributed by atoms with Crippen LogP contribution in [-0.2, 0) is 14.9 Å². The number of ether oxygens (including phenoxy) is 2. The molecule has 2 N–H and O–H groups in total. The number of benzene rings is 3. The van der Waals surface area contributed by atoms with E-state index < -0.39 is 0 Å². The topological polar surface area (TPSA) is 76.7 Å². The number of carbonyl (C=O) groups excluding carboxylic acids is 2. The Kier molecular flexibility index (Phi) is 8.16. The quantitative estimate of drug-likeness (QED) is 0.486. The second-order valence-electron chi connectivity index (χ2n) is 8.75. The lowest BCUT2D eigenvalue weighted by Crippen LogP contribution is -2.47. The molecule has 35 heavy (non-hydrogen) atoms. The molecule has 0 bridgehead atoms. The Morgan fingerprint density at radius 1 is 0.857 bits per heavy atom. The maximum atomic E-state index is 12.6. The first-order chi connectivity index (χ1) is 17.1. The molecule has 0 aliphatic carbocycles. The van der Waals surface area contributed by atoms with Gasteiger partial charge in [0.1, 0.15) is 5.75 Å². The first-order valence-electron chi connectivity index (χ1n) is 12.1. The third-order valence-corrected chi connectivity index (χ3v) is 6.52. The zero-order valence-electron chi connectivity index (χ0n) is 20.1. The molecule has 0 unspecified atom stereocenters. The van der Waals surface area contributed by atoms with Crippen molar-refractivity contribution in [1.82, 2.24) is 10.6 Å². The van der Waals surface area contributed by atoms with Crippen molar-refractivity contribution in [3.8, 4) is 16.9 Å². The Labute approximate surface area is 206 Å². The van der Waals surface area contributed by atoms with Gasteiger partial charge in [-0.2, -0.15) is 0 Å². The van der Waals surface area contributed by atoms with E-state index in [-0.39, 0.29) is 23.8 Å². The van der Waals surface area contributed by atoms with Gasteiger partial charge in [-0.05, 0) is 60.7 Å². The summed E-state index contributed by atoms with van der Waals surface area (Å²) in [6.45, 7) is 4.30. The van der Waals surface area contributed by atoms with Gasteiger partial charge in [-0.25, -0.2) is 0 Å². The second kappa shape index (κ2) is 11.7. The van der Waals surface area contributed by atoms with Crippen molar-refractivity contribution in [2.24, 2.45) is 0 Å². The fraction of sp³-hybridized carbons (Fsp3) is 0.310. The van der Waals surface area contributed by atoms with E-state index in [4.69, 9.17) is 9.47 Å². The lowest BCUT2D eigenvalue weighted by Gasteiger charge is -2.38. The van der Waals surface area contributed by atoms with Crippen LogP contribution in [0.5, 0.6) is 5.75 Å². The summed E-state index contributed by atoms with van der Waals surface area (Å²) in [5, 5.41) is 5.76. The smallest absolute Gasteiger partial charge is 0.251 e. The molecule has 1 saturated heterocycles. The fourth-order valence-electron chi connectivity index (χ4n) is 4.44. The minimum absolute atomic E-state index is 0.0743. The van der Waals surface area contributed by atoms with Gasteiger partial charge in [0.15, 0.2) is 0 Å². The van der Waals surface area contributed by atoms with Gasteiger partial charge in [-0.1, -0.05) is 54.6 Å². The molecule has 0 radical (unpaired) electrons. The molecule has 0 spiro atoms. The predicted octanol–water partition coefficient (Wildman–Crippen LogP) is 4.35.